The van der Waals surface area contributed by atoms with Gasteiger partial charge in [0.15, 0.2) is 0 Å². The lowest BCUT2D eigenvalue weighted by molar-refractivity contribution is -0.126. The van der Waals surface area contributed by atoms with Crippen LogP contribution in [0.1, 0.15) is 32.5 Å². The van der Waals surface area contributed by atoms with Gasteiger partial charge in [0.2, 0.25) is 5.91 Å². The summed E-state index contributed by atoms with van der Waals surface area (Å²) in [5.74, 6) is 1.29. The highest BCUT2D eigenvalue weighted by Crippen LogP contribution is 2.16. The Balaban J connectivity index is 1.75. The number of rotatable bonds is 6. The molecular formula is C17H29N5O2. The van der Waals surface area contributed by atoms with Gasteiger partial charge in [-0.15, -0.1) is 0 Å². The molecule has 1 atom stereocenters. The van der Waals surface area contributed by atoms with Crippen LogP contribution in [0.15, 0.2) is 12.4 Å². The van der Waals surface area contributed by atoms with E-state index in [0.717, 1.165) is 25.2 Å². The van der Waals surface area contributed by atoms with Gasteiger partial charge in [-0.3, -0.25) is 4.79 Å². The number of imidazole rings is 1. The fourth-order valence-electron chi connectivity index (χ4n) is 2.86. The highest BCUT2D eigenvalue weighted by Gasteiger charge is 2.28. The zero-order valence-corrected chi connectivity index (χ0v) is 14.9. The highest BCUT2D eigenvalue weighted by molar-refractivity contribution is 5.80. The Morgan fingerprint density at radius 3 is 2.83 bits per heavy atom. The van der Waals surface area contributed by atoms with E-state index >= 15 is 0 Å². The maximum absolute atomic E-state index is 12.3. The number of nitrogens with zero attached hydrogens (tertiary/aromatic N) is 3. The fourth-order valence-corrected chi connectivity index (χ4v) is 2.86. The summed E-state index contributed by atoms with van der Waals surface area (Å²) in [6.07, 6.45) is 6.06. The third kappa shape index (κ3) is 5.25. The van der Waals surface area contributed by atoms with Gasteiger partial charge in [0.1, 0.15) is 5.82 Å². The van der Waals surface area contributed by atoms with E-state index in [9.17, 15) is 9.59 Å². The Labute approximate surface area is 143 Å². The zero-order chi connectivity index (χ0) is 17.5. The lowest BCUT2D eigenvalue weighted by Gasteiger charge is -2.32. The van der Waals surface area contributed by atoms with Crippen LogP contribution in [0, 0.1) is 11.8 Å². The second-order valence-corrected chi connectivity index (χ2v) is 6.86. The second kappa shape index (κ2) is 8.70. The van der Waals surface area contributed by atoms with Crippen LogP contribution in [0.4, 0.5) is 4.79 Å². The average Bonchev–Trinajstić information content (AvgIpc) is 2.97. The molecule has 0 spiro atoms. The number of carbonyl (C=O) groups excluding carboxylic acids is 2. The van der Waals surface area contributed by atoms with Crippen LogP contribution in [0.25, 0.3) is 0 Å². The third-order valence-corrected chi connectivity index (χ3v) is 4.31. The van der Waals surface area contributed by atoms with Gasteiger partial charge < -0.3 is 20.1 Å². The second-order valence-electron chi connectivity index (χ2n) is 6.86. The van der Waals surface area contributed by atoms with Crippen LogP contribution in [-0.4, -0.2) is 52.6 Å². The molecule has 0 unspecified atom stereocenters. The number of hydrogen-bond donors (Lipinski definition) is 2. The Morgan fingerprint density at radius 2 is 2.17 bits per heavy atom. The summed E-state index contributed by atoms with van der Waals surface area (Å²) in [4.78, 5) is 30.5. The lowest BCUT2D eigenvalue weighted by Crippen LogP contribution is -2.49. The minimum absolute atomic E-state index is 0.0329. The molecule has 1 aromatic heterocycles. The number of hydrogen-bond acceptors (Lipinski definition) is 3. The molecule has 0 radical (unpaired) electrons. The van der Waals surface area contributed by atoms with Crippen molar-refractivity contribution in [1.82, 2.24) is 25.1 Å². The summed E-state index contributed by atoms with van der Waals surface area (Å²) in [6, 6.07) is -0.0609. The first-order valence-corrected chi connectivity index (χ1v) is 8.74. The number of nitrogens with one attached hydrogen (secondary N) is 2. The van der Waals surface area contributed by atoms with Gasteiger partial charge in [-0.1, -0.05) is 13.8 Å². The normalized spacial score (nSPS) is 17.8. The van der Waals surface area contributed by atoms with Gasteiger partial charge in [0.05, 0.1) is 5.92 Å². The number of amides is 3. The maximum atomic E-state index is 12.3. The summed E-state index contributed by atoms with van der Waals surface area (Å²) in [5.41, 5.74) is 0. The number of likely N-dealkylation sites (tertiary alicyclic amines) is 1. The molecule has 134 valence electrons. The highest BCUT2D eigenvalue weighted by atomic mass is 16.2. The van der Waals surface area contributed by atoms with Crippen molar-refractivity contribution in [1.29, 1.82) is 0 Å². The molecule has 2 rings (SSSR count). The van der Waals surface area contributed by atoms with Gasteiger partial charge in [0, 0.05) is 52.0 Å². The smallest absolute Gasteiger partial charge is 0.317 e. The van der Waals surface area contributed by atoms with Gasteiger partial charge in [-0.25, -0.2) is 9.78 Å². The number of carbonyl (C=O) groups is 2. The van der Waals surface area contributed by atoms with Crippen molar-refractivity contribution in [2.75, 3.05) is 26.2 Å². The number of aryl methyl sites for hydroxylation is 1. The SMILES string of the molecule is CC(C)CNC(=O)N1CCC[C@H](C(=O)NCCc2nccn2C)C1. The Kier molecular flexibility index (Phi) is 6.63. The molecule has 2 N–H and O–H groups in total. The van der Waals surface area contributed by atoms with E-state index in [4.69, 9.17) is 0 Å². The van der Waals surface area contributed by atoms with Gasteiger partial charge in [-0.05, 0) is 18.8 Å². The van der Waals surface area contributed by atoms with Crippen LogP contribution in [0.3, 0.4) is 0 Å². The van der Waals surface area contributed by atoms with E-state index in [0.29, 0.717) is 32.0 Å². The molecule has 7 heteroatoms. The molecule has 24 heavy (non-hydrogen) atoms. The molecule has 0 aliphatic carbocycles. The van der Waals surface area contributed by atoms with E-state index in [1.54, 1.807) is 11.1 Å². The molecule has 0 aromatic carbocycles. The average molecular weight is 335 g/mol. The van der Waals surface area contributed by atoms with E-state index in [2.05, 4.69) is 29.5 Å². The summed E-state index contributed by atoms with van der Waals surface area (Å²) in [5, 5.41) is 5.90. The molecular weight excluding hydrogens is 306 g/mol. The summed E-state index contributed by atoms with van der Waals surface area (Å²) >= 11 is 0. The quantitative estimate of drug-likeness (QED) is 0.819. The molecule has 7 nitrogen and oxygen atoms in total. The van der Waals surface area contributed by atoms with E-state index in [1.165, 1.54) is 0 Å². The van der Waals surface area contributed by atoms with Gasteiger partial charge in [0.25, 0.3) is 0 Å². The maximum Gasteiger partial charge on any atom is 0.317 e. The molecule has 2 heterocycles. The Hall–Kier alpha value is -2.05. The molecule has 0 bridgehead atoms. The van der Waals surface area contributed by atoms with Crippen LogP contribution < -0.4 is 10.6 Å². The van der Waals surface area contributed by atoms with Crippen molar-refractivity contribution in [2.45, 2.75) is 33.1 Å². The number of piperidine rings is 1. The summed E-state index contributed by atoms with van der Waals surface area (Å²) < 4.78 is 1.95. The third-order valence-electron chi connectivity index (χ3n) is 4.31. The molecule has 3 amide bonds. The van der Waals surface area contributed by atoms with Crippen LogP contribution in [0.2, 0.25) is 0 Å². The fraction of sp³-hybridized carbons (Fsp3) is 0.706. The first kappa shape index (κ1) is 18.3. The first-order valence-electron chi connectivity index (χ1n) is 8.74. The molecule has 0 saturated carbocycles. The Bertz CT molecular complexity index is 555. The molecule has 1 saturated heterocycles. The van der Waals surface area contributed by atoms with Crippen LogP contribution in [-0.2, 0) is 18.3 Å². The largest absolute Gasteiger partial charge is 0.355 e. The van der Waals surface area contributed by atoms with Crippen molar-refractivity contribution in [3.63, 3.8) is 0 Å². The van der Waals surface area contributed by atoms with Gasteiger partial charge >= 0.3 is 6.03 Å². The van der Waals surface area contributed by atoms with Crippen molar-refractivity contribution >= 4 is 11.9 Å². The standard InChI is InChI=1S/C17H29N5O2/c1-13(2)11-20-17(24)22-9-4-5-14(12-22)16(23)19-7-6-15-18-8-10-21(15)3/h8,10,13-14H,4-7,9,11-12H2,1-3H3,(H,19,23)(H,20,24)/t14-/m0/s1. The Morgan fingerprint density at radius 1 is 1.38 bits per heavy atom. The zero-order valence-electron chi connectivity index (χ0n) is 14.9. The van der Waals surface area contributed by atoms with Crippen LogP contribution >= 0.6 is 0 Å². The predicted octanol–water partition coefficient (Wildman–Crippen LogP) is 1.16. The first-order chi connectivity index (χ1) is 11.5. The van der Waals surface area contributed by atoms with Crippen LogP contribution in [0.5, 0.6) is 0 Å². The van der Waals surface area contributed by atoms with E-state index in [1.807, 2.05) is 17.8 Å². The minimum atomic E-state index is -0.120. The van der Waals surface area contributed by atoms with E-state index < -0.39 is 0 Å². The molecule has 1 fully saturated rings. The lowest BCUT2D eigenvalue weighted by atomic mass is 9.97. The topological polar surface area (TPSA) is 79.3 Å². The number of urea groups is 1. The van der Waals surface area contributed by atoms with Crippen molar-refractivity contribution < 1.29 is 9.59 Å². The minimum Gasteiger partial charge on any atom is -0.355 e. The monoisotopic (exact) mass is 335 g/mol. The van der Waals surface area contributed by atoms with E-state index in [-0.39, 0.29) is 17.9 Å². The van der Waals surface area contributed by atoms with Crippen molar-refractivity contribution in [2.24, 2.45) is 18.9 Å². The molecule has 1 aromatic rings. The predicted molar refractivity (Wildman–Crippen MR) is 92.5 cm³/mol. The van der Waals surface area contributed by atoms with Crippen molar-refractivity contribution in [3.05, 3.63) is 18.2 Å². The van der Waals surface area contributed by atoms with Gasteiger partial charge in [-0.2, -0.15) is 0 Å². The van der Waals surface area contributed by atoms with Crippen molar-refractivity contribution in [3.8, 4) is 0 Å². The molecule has 1 aliphatic heterocycles. The summed E-state index contributed by atoms with van der Waals surface area (Å²) in [6.45, 7) is 6.58. The molecule has 1 aliphatic rings. The summed E-state index contributed by atoms with van der Waals surface area (Å²) in [7, 11) is 1.94. The number of aromatic nitrogens is 2.